The summed E-state index contributed by atoms with van der Waals surface area (Å²) in [6.45, 7) is 21.3. The van der Waals surface area contributed by atoms with Crippen LogP contribution >= 0.6 is 0 Å². The predicted molar refractivity (Wildman–Crippen MR) is 297 cm³/mol. The van der Waals surface area contributed by atoms with E-state index in [1.807, 2.05) is 0 Å². The van der Waals surface area contributed by atoms with Crippen LogP contribution in [0.4, 0.5) is 17.1 Å². The maximum Gasteiger partial charge on any atom is 0.0540 e. The van der Waals surface area contributed by atoms with Crippen molar-refractivity contribution < 1.29 is 0 Å². The highest BCUT2D eigenvalue weighted by molar-refractivity contribution is 6.10. The summed E-state index contributed by atoms with van der Waals surface area (Å²) in [5.74, 6) is 0.347. The molecule has 11 rings (SSSR count). The monoisotopic (exact) mass is 893 g/mol. The second kappa shape index (κ2) is 16.5. The van der Waals surface area contributed by atoms with Crippen LogP contribution in [-0.2, 0) is 21.7 Å². The molecule has 2 unspecified atom stereocenters. The largest absolute Gasteiger partial charge is 0.309 e. The molecule has 340 valence electrons. The van der Waals surface area contributed by atoms with Crippen LogP contribution in [0.15, 0.2) is 212 Å². The Labute approximate surface area is 410 Å². The summed E-state index contributed by atoms with van der Waals surface area (Å²) in [5.41, 5.74) is 18.7. The Hall–Kier alpha value is -7.22. The fraction of sp³-hybridized carbons (Fsp3) is 0.206. The lowest BCUT2D eigenvalue weighted by Crippen LogP contribution is -2.36. The van der Waals surface area contributed by atoms with E-state index in [0.29, 0.717) is 5.92 Å². The number of para-hydroxylation sites is 2. The van der Waals surface area contributed by atoms with Crippen LogP contribution in [0.25, 0.3) is 60.5 Å². The van der Waals surface area contributed by atoms with Crippen LogP contribution in [0, 0.1) is 5.92 Å². The zero-order chi connectivity index (χ0) is 47.9. The van der Waals surface area contributed by atoms with Crippen LogP contribution in [0.5, 0.6) is 0 Å². The second-order valence-corrected chi connectivity index (χ2v) is 22.4. The summed E-state index contributed by atoms with van der Waals surface area (Å²) in [6.07, 6.45) is 7.12. The third-order valence-electron chi connectivity index (χ3n) is 15.7. The molecule has 69 heavy (non-hydrogen) atoms. The molecule has 1 heteroatoms. The lowest BCUT2D eigenvalue weighted by atomic mass is 9.62. The molecule has 0 radical (unpaired) electrons. The summed E-state index contributed by atoms with van der Waals surface area (Å²) >= 11 is 0. The maximum absolute atomic E-state index is 2.52. The zero-order valence-electron chi connectivity index (χ0n) is 41.7. The number of benzene rings is 9. The smallest absolute Gasteiger partial charge is 0.0540 e. The lowest BCUT2D eigenvalue weighted by Gasteiger charge is -2.41. The first-order valence-electron chi connectivity index (χ1n) is 24.9. The minimum Gasteiger partial charge on any atom is -0.309 e. The SMILES string of the molecule is CC(C)(C)c1cc(-c2cccc3cccc(-c4ccccc4N(c4ccc(C5=CC=CC6C(C)(C)c7ccccc7C56C)cc4)c4ccccc4-c4cccc5ccccc45)c23)cc(C(C)(C)C)c1. The maximum atomic E-state index is 2.52. The molecule has 2 aliphatic carbocycles. The van der Waals surface area contributed by atoms with Crippen molar-refractivity contribution in [1.82, 2.24) is 0 Å². The molecule has 0 bridgehead atoms. The van der Waals surface area contributed by atoms with E-state index >= 15 is 0 Å². The quantitative estimate of drug-likeness (QED) is 0.154. The molecule has 0 aliphatic heterocycles. The third kappa shape index (κ3) is 7.37. The van der Waals surface area contributed by atoms with E-state index in [2.05, 4.69) is 280 Å². The van der Waals surface area contributed by atoms with Crippen molar-refractivity contribution in [3.63, 3.8) is 0 Å². The van der Waals surface area contributed by atoms with Gasteiger partial charge in [-0.1, -0.05) is 250 Å². The summed E-state index contributed by atoms with van der Waals surface area (Å²) < 4.78 is 0. The van der Waals surface area contributed by atoms with Gasteiger partial charge in [0.25, 0.3) is 0 Å². The van der Waals surface area contributed by atoms with E-state index in [-0.39, 0.29) is 21.7 Å². The first-order chi connectivity index (χ1) is 33.1. The van der Waals surface area contributed by atoms with Gasteiger partial charge in [-0.15, -0.1) is 0 Å². The molecular formula is C68H63N. The van der Waals surface area contributed by atoms with Crippen LogP contribution in [0.1, 0.15) is 90.1 Å². The van der Waals surface area contributed by atoms with Gasteiger partial charge in [-0.25, -0.2) is 0 Å². The van der Waals surface area contributed by atoms with Crippen molar-refractivity contribution in [3.05, 3.63) is 240 Å². The fourth-order valence-corrected chi connectivity index (χ4v) is 12.0. The average molecular weight is 894 g/mol. The number of allylic oxidation sites excluding steroid dienone is 4. The number of hydrogen-bond acceptors (Lipinski definition) is 1. The topological polar surface area (TPSA) is 3.24 Å². The van der Waals surface area contributed by atoms with Crippen molar-refractivity contribution in [2.24, 2.45) is 5.92 Å². The molecule has 0 saturated carbocycles. The molecule has 0 N–H and O–H groups in total. The van der Waals surface area contributed by atoms with Crippen molar-refractivity contribution in [2.75, 3.05) is 4.90 Å². The van der Waals surface area contributed by atoms with Crippen LogP contribution in [-0.4, -0.2) is 0 Å². The Morgan fingerprint density at radius 2 is 0.942 bits per heavy atom. The van der Waals surface area contributed by atoms with Crippen LogP contribution in [0.3, 0.4) is 0 Å². The van der Waals surface area contributed by atoms with E-state index < -0.39 is 0 Å². The highest BCUT2D eigenvalue weighted by Gasteiger charge is 2.54. The Kier molecular flexibility index (Phi) is 10.6. The molecular weight excluding hydrogens is 831 g/mol. The van der Waals surface area contributed by atoms with Gasteiger partial charge in [-0.2, -0.15) is 0 Å². The normalized spacial score (nSPS) is 17.4. The van der Waals surface area contributed by atoms with E-state index in [1.54, 1.807) is 0 Å². The third-order valence-corrected chi connectivity index (χ3v) is 15.7. The first kappa shape index (κ1) is 44.3. The number of fused-ring (bicyclic) bond motifs is 5. The number of hydrogen-bond donors (Lipinski definition) is 0. The molecule has 0 fully saturated rings. The molecule has 0 aromatic heterocycles. The van der Waals surface area contributed by atoms with Gasteiger partial charge in [0.15, 0.2) is 0 Å². The number of rotatable bonds is 7. The van der Waals surface area contributed by atoms with Crippen LogP contribution < -0.4 is 4.90 Å². The molecule has 2 aliphatic rings. The van der Waals surface area contributed by atoms with Crippen molar-refractivity contribution in [3.8, 4) is 33.4 Å². The molecule has 0 heterocycles. The van der Waals surface area contributed by atoms with Crippen molar-refractivity contribution in [2.45, 2.75) is 84.0 Å². The van der Waals surface area contributed by atoms with Gasteiger partial charge in [0.2, 0.25) is 0 Å². The highest BCUT2D eigenvalue weighted by atomic mass is 15.1. The summed E-state index contributed by atoms with van der Waals surface area (Å²) in [6, 6.07) is 73.1. The summed E-state index contributed by atoms with van der Waals surface area (Å²) in [4.78, 5) is 2.52. The molecule has 9 aromatic rings. The Morgan fingerprint density at radius 3 is 1.59 bits per heavy atom. The lowest BCUT2D eigenvalue weighted by molar-refractivity contribution is 0.332. The summed E-state index contributed by atoms with van der Waals surface area (Å²) in [7, 11) is 0. The van der Waals surface area contributed by atoms with Gasteiger partial charge in [0, 0.05) is 22.2 Å². The molecule has 9 aromatic carbocycles. The molecule has 1 nitrogen and oxygen atoms in total. The van der Waals surface area contributed by atoms with Gasteiger partial charge in [-0.05, 0) is 124 Å². The minimum absolute atomic E-state index is 0.00856. The summed E-state index contributed by atoms with van der Waals surface area (Å²) in [5, 5.41) is 4.95. The second-order valence-electron chi connectivity index (χ2n) is 22.4. The molecule has 2 atom stereocenters. The molecule has 0 spiro atoms. The van der Waals surface area contributed by atoms with Gasteiger partial charge < -0.3 is 4.90 Å². The van der Waals surface area contributed by atoms with E-state index in [9.17, 15) is 0 Å². The van der Waals surface area contributed by atoms with Gasteiger partial charge in [-0.3, -0.25) is 0 Å². The highest BCUT2D eigenvalue weighted by Crippen LogP contribution is 2.61. The van der Waals surface area contributed by atoms with Gasteiger partial charge in [0.1, 0.15) is 0 Å². The number of nitrogens with zero attached hydrogens (tertiary/aromatic N) is 1. The van der Waals surface area contributed by atoms with Crippen molar-refractivity contribution >= 4 is 44.2 Å². The fourth-order valence-electron chi connectivity index (χ4n) is 12.0. The molecule has 0 amide bonds. The molecule has 0 saturated heterocycles. The first-order valence-corrected chi connectivity index (χ1v) is 24.9. The number of anilines is 3. The minimum atomic E-state index is -0.157. The Balaban J connectivity index is 1.13. The van der Waals surface area contributed by atoms with Gasteiger partial charge in [0.05, 0.1) is 11.4 Å². The van der Waals surface area contributed by atoms with Gasteiger partial charge >= 0.3 is 0 Å². The van der Waals surface area contributed by atoms with E-state index in [4.69, 9.17) is 0 Å². The Bertz CT molecular complexity index is 3470. The van der Waals surface area contributed by atoms with E-state index in [1.165, 1.54) is 88.3 Å². The van der Waals surface area contributed by atoms with E-state index in [0.717, 1.165) is 17.1 Å². The predicted octanol–water partition coefficient (Wildman–Crippen LogP) is 18.9. The Morgan fingerprint density at radius 1 is 0.435 bits per heavy atom. The average Bonchev–Trinajstić information content (AvgIpc) is 3.54. The zero-order valence-corrected chi connectivity index (χ0v) is 41.7. The van der Waals surface area contributed by atoms with Crippen LogP contribution in [0.2, 0.25) is 0 Å². The van der Waals surface area contributed by atoms with Crippen molar-refractivity contribution in [1.29, 1.82) is 0 Å². The standard InChI is InChI=1S/C68H63N/c1-65(2,3)49-42-48(43-50(44-49)66(4,5)6)53-29-19-24-47-25-20-31-57(64(47)53)56-28-13-17-36-62(56)69(61-35-16-12-27-55(61)54-30-18-23-45-22-10-11-26-52(45)54)51-40-38-46(39-41-51)58-34-21-37-63-67(7,8)59-32-14-15-33-60(59)68(58,63)9/h10-44,63H,1-9H3.